The second kappa shape index (κ2) is 9.98. The van der Waals surface area contributed by atoms with Gasteiger partial charge in [0.25, 0.3) is 0 Å². The van der Waals surface area contributed by atoms with Crippen LogP contribution < -0.4 is 9.64 Å². The Bertz CT molecular complexity index is 1310. The van der Waals surface area contributed by atoms with Gasteiger partial charge in [0.05, 0.1) is 11.1 Å². The molecule has 0 atom stereocenters. The molecule has 0 bridgehead atoms. The highest BCUT2D eigenvalue weighted by Gasteiger charge is 2.33. The number of nitrogens with zero attached hydrogens (tertiary/aromatic N) is 2. The van der Waals surface area contributed by atoms with Gasteiger partial charge in [-0.3, -0.25) is 9.69 Å². The van der Waals surface area contributed by atoms with Crippen molar-refractivity contribution in [1.29, 1.82) is 0 Å². The molecule has 178 valence electrons. The Morgan fingerprint density at radius 3 is 2.54 bits per heavy atom. The van der Waals surface area contributed by atoms with Gasteiger partial charge in [-0.25, -0.2) is 0 Å². The number of anilines is 1. The van der Waals surface area contributed by atoms with E-state index < -0.39 is 0 Å². The molecule has 3 aromatic rings. The molecule has 5 rings (SSSR count). The largest absolute Gasteiger partial charge is 0.507 e. The van der Waals surface area contributed by atoms with E-state index in [0.717, 1.165) is 42.5 Å². The Morgan fingerprint density at radius 1 is 1.03 bits per heavy atom. The van der Waals surface area contributed by atoms with Gasteiger partial charge >= 0.3 is 0 Å². The maximum absolute atomic E-state index is 13.1. The molecule has 0 aliphatic carbocycles. The number of phenols is 1. The standard InChI is InChI=1S/C29H27ClN2O3/c1-20-17-25(33)24(19-31-13-15-32(16-14-31)23-11-6-10-22(30)18-23)29-27(20)28(34)26(35-29)12-5-9-21-7-3-2-4-8-21/h2-12,17-18,33H,13-16,19H2,1H3/b9-5+,26-12-. The first-order valence-electron chi connectivity index (χ1n) is 11.7. The van der Waals surface area contributed by atoms with Crippen LogP contribution in [0.2, 0.25) is 5.02 Å². The predicted molar refractivity (Wildman–Crippen MR) is 140 cm³/mol. The van der Waals surface area contributed by atoms with Gasteiger partial charge in [-0.15, -0.1) is 0 Å². The maximum Gasteiger partial charge on any atom is 0.232 e. The smallest absolute Gasteiger partial charge is 0.232 e. The first-order valence-corrected chi connectivity index (χ1v) is 12.1. The number of halogens is 1. The molecule has 3 aromatic carbocycles. The maximum atomic E-state index is 13.1. The number of hydrogen-bond donors (Lipinski definition) is 1. The lowest BCUT2D eigenvalue weighted by atomic mass is 9.99. The number of carbonyl (C=O) groups is 1. The van der Waals surface area contributed by atoms with Gasteiger partial charge in [-0.2, -0.15) is 0 Å². The number of ketones is 1. The fraction of sp³-hybridized carbons (Fsp3) is 0.207. The highest BCUT2D eigenvalue weighted by molar-refractivity contribution is 6.30. The molecule has 5 nitrogen and oxygen atoms in total. The zero-order valence-corrected chi connectivity index (χ0v) is 20.3. The zero-order chi connectivity index (χ0) is 24.4. The lowest BCUT2D eigenvalue weighted by Gasteiger charge is -2.36. The SMILES string of the molecule is Cc1cc(O)c(CN2CCN(c3cccc(Cl)c3)CC2)c2c1C(=O)/C(=C/C=C/c1ccccc1)O2. The number of fused-ring (bicyclic) bond motifs is 1. The van der Waals surface area contributed by atoms with Crippen LogP contribution in [0.15, 0.2) is 78.6 Å². The van der Waals surface area contributed by atoms with Gasteiger partial charge < -0.3 is 14.7 Å². The monoisotopic (exact) mass is 486 g/mol. The third kappa shape index (κ3) is 4.97. The summed E-state index contributed by atoms with van der Waals surface area (Å²) in [7, 11) is 0. The molecule has 1 saturated heterocycles. The molecule has 0 radical (unpaired) electrons. The lowest BCUT2D eigenvalue weighted by Crippen LogP contribution is -2.46. The van der Waals surface area contributed by atoms with Gasteiger partial charge in [0.1, 0.15) is 11.5 Å². The second-order valence-corrected chi connectivity index (χ2v) is 9.31. The minimum absolute atomic E-state index is 0.151. The van der Waals surface area contributed by atoms with E-state index in [1.807, 2.05) is 67.6 Å². The van der Waals surface area contributed by atoms with Gasteiger partial charge in [0.2, 0.25) is 5.78 Å². The molecule has 0 aromatic heterocycles. The van der Waals surface area contributed by atoms with Crippen LogP contribution in [0.5, 0.6) is 11.5 Å². The van der Waals surface area contributed by atoms with E-state index in [4.69, 9.17) is 16.3 Å². The summed E-state index contributed by atoms with van der Waals surface area (Å²) < 4.78 is 6.04. The van der Waals surface area contributed by atoms with Crippen LogP contribution in [-0.4, -0.2) is 42.0 Å². The molecule has 0 unspecified atom stereocenters. The number of rotatable bonds is 5. The van der Waals surface area contributed by atoms with E-state index in [1.165, 1.54) is 0 Å². The van der Waals surface area contributed by atoms with E-state index in [2.05, 4.69) is 15.9 Å². The van der Waals surface area contributed by atoms with Crippen LogP contribution in [0.1, 0.15) is 27.0 Å². The molecule has 0 amide bonds. The number of Topliss-reactive ketones (excluding diaryl/α,β-unsaturated/α-hetero) is 1. The third-order valence-corrected chi connectivity index (χ3v) is 6.72. The molecule has 1 fully saturated rings. The highest BCUT2D eigenvalue weighted by Crippen LogP contribution is 2.42. The van der Waals surface area contributed by atoms with Crippen LogP contribution in [0.25, 0.3) is 6.08 Å². The molecular formula is C29H27ClN2O3. The Labute approximate surface area is 210 Å². The number of benzene rings is 3. The first kappa shape index (κ1) is 23.2. The first-order chi connectivity index (χ1) is 17.0. The molecular weight excluding hydrogens is 460 g/mol. The van der Waals surface area contributed by atoms with Crippen molar-refractivity contribution >= 4 is 29.1 Å². The van der Waals surface area contributed by atoms with E-state index in [0.29, 0.717) is 29.0 Å². The van der Waals surface area contributed by atoms with Crippen LogP contribution in [0.3, 0.4) is 0 Å². The fourth-order valence-electron chi connectivity index (χ4n) is 4.62. The Balaban J connectivity index is 1.32. The van der Waals surface area contributed by atoms with Crippen molar-refractivity contribution < 1.29 is 14.6 Å². The van der Waals surface area contributed by atoms with Gasteiger partial charge in [0.15, 0.2) is 5.76 Å². The number of aromatic hydroxyl groups is 1. The van der Waals surface area contributed by atoms with Crippen LogP contribution in [0.4, 0.5) is 5.69 Å². The van der Waals surface area contributed by atoms with Crippen molar-refractivity contribution in [2.24, 2.45) is 0 Å². The minimum atomic E-state index is -0.151. The Kier molecular flexibility index (Phi) is 6.62. The number of ether oxygens (including phenoxy) is 1. The van der Waals surface area contributed by atoms with Crippen LogP contribution in [0, 0.1) is 6.92 Å². The number of aryl methyl sites for hydroxylation is 1. The third-order valence-electron chi connectivity index (χ3n) is 6.48. The average molecular weight is 487 g/mol. The van der Waals surface area contributed by atoms with E-state index in [9.17, 15) is 9.90 Å². The van der Waals surface area contributed by atoms with Crippen molar-refractivity contribution in [3.63, 3.8) is 0 Å². The molecule has 2 heterocycles. The van der Waals surface area contributed by atoms with Gasteiger partial charge in [-0.1, -0.05) is 60.2 Å². The quantitative estimate of drug-likeness (QED) is 0.458. The summed E-state index contributed by atoms with van der Waals surface area (Å²) in [5.41, 5.74) is 4.06. The van der Waals surface area contributed by atoms with Crippen molar-refractivity contribution in [2.75, 3.05) is 31.1 Å². The zero-order valence-electron chi connectivity index (χ0n) is 19.6. The number of phenolic OH excluding ortho intramolecular Hbond substituents is 1. The molecule has 2 aliphatic heterocycles. The molecule has 35 heavy (non-hydrogen) atoms. The summed E-state index contributed by atoms with van der Waals surface area (Å²) >= 11 is 6.16. The van der Waals surface area contributed by atoms with Crippen molar-refractivity contribution in [3.8, 4) is 11.5 Å². The summed E-state index contributed by atoms with van der Waals surface area (Å²) in [5.74, 6) is 0.756. The lowest BCUT2D eigenvalue weighted by molar-refractivity contribution is 0.101. The van der Waals surface area contributed by atoms with Crippen LogP contribution >= 0.6 is 11.6 Å². The normalized spacial score (nSPS) is 17.3. The minimum Gasteiger partial charge on any atom is -0.507 e. The number of piperazine rings is 1. The van der Waals surface area contributed by atoms with Crippen LogP contribution in [-0.2, 0) is 6.54 Å². The van der Waals surface area contributed by atoms with Gasteiger partial charge in [-0.05, 0) is 48.4 Å². The van der Waals surface area contributed by atoms with Crippen molar-refractivity contribution in [2.45, 2.75) is 13.5 Å². The Hall–Kier alpha value is -3.54. The summed E-state index contributed by atoms with van der Waals surface area (Å²) in [6.45, 7) is 5.69. The fourth-order valence-corrected chi connectivity index (χ4v) is 4.80. The Morgan fingerprint density at radius 2 is 1.80 bits per heavy atom. The molecule has 6 heteroatoms. The van der Waals surface area contributed by atoms with Gasteiger partial charge in [0, 0.05) is 43.4 Å². The molecule has 0 spiro atoms. The van der Waals surface area contributed by atoms with E-state index >= 15 is 0 Å². The number of carbonyl (C=O) groups excluding carboxylic acids is 1. The number of allylic oxidation sites excluding steroid dienone is 3. The average Bonchev–Trinajstić information content (AvgIpc) is 3.19. The predicted octanol–water partition coefficient (Wildman–Crippen LogP) is 5.85. The van der Waals surface area contributed by atoms with Crippen molar-refractivity contribution in [3.05, 3.63) is 106 Å². The summed E-state index contributed by atoms with van der Waals surface area (Å²) in [6, 6.07) is 19.4. The van der Waals surface area contributed by atoms with E-state index in [-0.39, 0.29) is 17.3 Å². The molecule has 2 aliphatic rings. The second-order valence-electron chi connectivity index (χ2n) is 8.87. The van der Waals surface area contributed by atoms with E-state index in [1.54, 1.807) is 12.1 Å². The topological polar surface area (TPSA) is 53.0 Å². The molecule has 1 N–H and O–H groups in total. The van der Waals surface area contributed by atoms with Crippen molar-refractivity contribution in [1.82, 2.24) is 4.90 Å². The summed E-state index contributed by atoms with van der Waals surface area (Å²) in [4.78, 5) is 17.7. The molecule has 0 saturated carbocycles. The number of hydrogen-bond acceptors (Lipinski definition) is 5. The summed E-state index contributed by atoms with van der Waals surface area (Å²) in [6.07, 6.45) is 5.44. The highest BCUT2D eigenvalue weighted by atomic mass is 35.5. The summed E-state index contributed by atoms with van der Waals surface area (Å²) in [5, 5.41) is 11.5.